The predicted octanol–water partition coefficient (Wildman–Crippen LogP) is 2.48. The third-order valence-corrected chi connectivity index (χ3v) is 5.76. The van der Waals surface area contributed by atoms with Gasteiger partial charge in [0, 0.05) is 18.4 Å². The summed E-state index contributed by atoms with van der Waals surface area (Å²) in [5, 5.41) is 10.2. The van der Waals surface area contributed by atoms with Crippen LogP contribution in [-0.4, -0.2) is 36.5 Å². The van der Waals surface area contributed by atoms with E-state index >= 15 is 0 Å². The van der Waals surface area contributed by atoms with Gasteiger partial charge in [-0.2, -0.15) is 0 Å². The maximum Gasteiger partial charge on any atom is 0.193 e. The van der Waals surface area contributed by atoms with E-state index in [2.05, 4.69) is 6.92 Å². The topological polar surface area (TPSA) is 57.2 Å². The van der Waals surface area contributed by atoms with E-state index in [-0.39, 0.29) is 11.8 Å². The molecule has 3 rings (SSSR count). The van der Waals surface area contributed by atoms with Crippen molar-refractivity contribution >= 4 is 0 Å². The molecular formula is C16H28O5. The highest BCUT2D eigenvalue weighted by molar-refractivity contribution is 5.06. The van der Waals surface area contributed by atoms with Crippen LogP contribution in [0.4, 0.5) is 0 Å². The third-order valence-electron chi connectivity index (χ3n) is 5.76. The second kappa shape index (κ2) is 6.13. The first-order valence-corrected chi connectivity index (χ1v) is 8.37. The smallest absolute Gasteiger partial charge is 0.193 e. The summed E-state index contributed by atoms with van der Waals surface area (Å²) in [5.41, 5.74) is -0.581. The van der Waals surface area contributed by atoms with Crippen molar-refractivity contribution in [2.75, 3.05) is 13.2 Å². The van der Waals surface area contributed by atoms with Gasteiger partial charge in [-0.25, -0.2) is 9.78 Å². The van der Waals surface area contributed by atoms with Gasteiger partial charge in [0.05, 0.1) is 6.61 Å². The molecule has 1 spiro atoms. The van der Waals surface area contributed by atoms with Crippen LogP contribution in [0.5, 0.6) is 0 Å². The number of hydrogen-bond donors (Lipinski definition) is 1. The zero-order valence-corrected chi connectivity index (χ0v) is 13.3. The Balaban J connectivity index is 2.01. The van der Waals surface area contributed by atoms with E-state index in [1.165, 1.54) is 0 Å². The zero-order chi connectivity index (χ0) is 15.0. The molecule has 0 bridgehead atoms. The summed E-state index contributed by atoms with van der Waals surface area (Å²) >= 11 is 0. The molecule has 1 saturated carbocycles. The summed E-state index contributed by atoms with van der Waals surface area (Å²) in [6.07, 6.45) is 2.90. The van der Waals surface area contributed by atoms with Crippen LogP contribution in [0.2, 0.25) is 0 Å². The Kier molecular flexibility index (Phi) is 4.58. The van der Waals surface area contributed by atoms with Crippen molar-refractivity contribution in [1.82, 2.24) is 0 Å². The number of hydrogen-bond acceptors (Lipinski definition) is 5. The molecule has 2 aliphatic heterocycles. The van der Waals surface area contributed by atoms with E-state index < -0.39 is 18.2 Å². The molecule has 0 amide bonds. The minimum absolute atomic E-state index is 0.0263. The summed E-state index contributed by atoms with van der Waals surface area (Å²) < 4.78 is 11.6. The van der Waals surface area contributed by atoms with E-state index in [9.17, 15) is 5.11 Å². The van der Waals surface area contributed by atoms with Crippen LogP contribution >= 0.6 is 0 Å². The van der Waals surface area contributed by atoms with Crippen molar-refractivity contribution in [1.29, 1.82) is 0 Å². The molecule has 3 fully saturated rings. The highest BCUT2D eigenvalue weighted by atomic mass is 17.2. The van der Waals surface area contributed by atoms with Gasteiger partial charge in [0.2, 0.25) is 0 Å². The molecule has 1 N–H and O–H groups in total. The van der Waals surface area contributed by atoms with Crippen molar-refractivity contribution in [2.24, 2.45) is 23.7 Å². The Labute approximate surface area is 126 Å². The van der Waals surface area contributed by atoms with E-state index in [1.807, 2.05) is 13.8 Å². The Morgan fingerprint density at radius 2 is 2.00 bits per heavy atom. The van der Waals surface area contributed by atoms with Gasteiger partial charge in [0.25, 0.3) is 0 Å². The third kappa shape index (κ3) is 2.43. The molecule has 122 valence electrons. The minimum Gasteiger partial charge on any atom is -0.368 e. The van der Waals surface area contributed by atoms with Crippen molar-refractivity contribution in [3.63, 3.8) is 0 Å². The van der Waals surface area contributed by atoms with E-state index in [0.29, 0.717) is 25.0 Å². The fraction of sp³-hybridized carbons (Fsp3) is 1.00. The fourth-order valence-corrected chi connectivity index (χ4v) is 4.67. The van der Waals surface area contributed by atoms with Gasteiger partial charge in [0.1, 0.15) is 0 Å². The summed E-state index contributed by atoms with van der Waals surface area (Å²) in [6, 6.07) is 0. The molecule has 2 saturated heterocycles. The Hall–Kier alpha value is -0.200. The van der Waals surface area contributed by atoms with Gasteiger partial charge in [0.15, 0.2) is 18.2 Å². The maximum absolute atomic E-state index is 10.2. The second-order valence-electron chi connectivity index (χ2n) is 6.84. The first-order chi connectivity index (χ1) is 10.1. The fourth-order valence-electron chi connectivity index (χ4n) is 4.67. The van der Waals surface area contributed by atoms with Gasteiger partial charge in [-0.1, -0.05) is 13.8 Å². The molecule has 1 unspecified atom stereocenters. The van der Waals surface area contributed by atoms with Crippen molar-refractivity contribution in [2.45, 2.75) is 64.6 Å². The van der Waals surface area contributed by atoms with Gasteiger partial charge >= 0.3 is 0 Å². The maximum atomic E-state index is 10.2. The average molecular weight is 300 g/mol. The lowest BCUT2D eigenvalue weighted by atomic mass is 9.58. The Morgan fingerprint density at radius 3 is 2.76 bits per heavy atom. The number of ether oxygens (including phenoxy) is 2. The van der Waals surface area contributed by atoms with Gasteiger partial charge < -0.3 is 14.6 Å². The highest BCUT2D eigenvalue weighted by Gasteiger charge is 2.64. The molecular weight excluding hydrogens is 272 g/mol. The molecule has 2 heterocycles. The summed E-state index contributed by atoms with van der Waals surface area (Å²) in [5.74, 6) is 1.14. The first kappa shape index (κ1) is 15.7. The van der Waals surface area contributed by atoms with E-state index in [0.717, 1.165) is 25.7 Å². The summed E-state index contributed by atoms with van der Waals surface area (Å²) in [6.45, 7) is 7.42. The molecule has 3 aliphatic rings. The lowest BCUT2D eigenvalue weighted by Gasteiger charge is -2.57. The molecule has 0 radical (unpaired) electrons. The molecule has 7 atom stereocenters. The normalized spacial score (nSPS) is 50.9. The van der Waals surface area contributed by atoms with E-state index in [4.69, 9.17) is 19.2 Å². The minimum atomic E-state index is -0.793. The van der Waals surface area contributed by atoms with E-state index in [1.54, 1.807) is 0 Å². The second-order valence-corrected chi connectivity index (χ2v) is 6.84. The van der Waals surface area contributed by atoms with Crippen molar-refractivity contribution in [3.05, 3.63) is 0 Å². The van der Waals surface area contributed by atoms with Crippen LogP contribution in [0.25, 0.3) is 0 Å². The number of aliphatic hydroxyl groups excluding tert-OH is 1. The van der Waals surface area contributed by atoms with Crippen LogP contribution in [0.15, 0.2) is 0 Å². The molecule has 5 heteroatoms. The standard InChI is InChI=1S/C16H28O5/c1-4-18-15-16-12(6-5-9-19-21-16)10(2)7-8-13(16)11(3)14(17)20-15/h10-15,17H,4-9H2,1-3H3/t10-,11-,12+,13?,14+,15+,16-/m1/s1. The van der Waals surface area contributed by atoms with Crippen molar-refractivity contribution < 1.29 is 24.4 Å². The molecule has 5 nitrogen and oxygen atoms in total. The zero-order valence-electron chi connectivity index (χ0n) is 13.3. The molecule has 1 aliphatic carbocycles. The van der Waals surface area contributed by atoms with Crippen LogP contribution in [0.1, 0.15) is 46.5 Å². The average Bonchev–Trinajstić information content (AvgIpc) is 2.69. The largest absolute Gasteiger partial charge is 0.368 e. The van der Waals surface area contributed by atoms with Gasteiger partial charge in [-0.15, -0.1) is 0 Å². The van der Waals surface area contributed by atoms with Crippen LogP contribution in [0.3, 0.4) is 0 Å². The van der Waals surface area contributed by atoms with Crippen LogP contribution in [-0.2, 0) is 19.2 Å². The van der Waals surface area contributed by atoms with Crippen LogP contribution in [0, 0.1) is 23.7 Å². The monoisotopic (exact) mass is 300 g/mol. The molecule has 21 heavy (non-hydrogen) atoms. The van der Waals surface area contributed by atoms with Gasteiger partial charge in [-0.3, -0.25) is 0 Å². The summed E-state index contributed by atoms with van der Waals surface area (Å²) in [7, 11) is 0. The quantitative estimate of drug-likeness (QED) is 0.794. The Bertz CT molecular complexity index is 363. The van der Waals surface area contributed by atoms with Crippen molar-refractivity contribution in [3.8, 4) is 0 Å². The molecule has 0 aromatic carbocycles. The number of aliphatic hydroxyl groups is 1. The SMILES string of the molecule is CCO[C@H]1O[C@H](O)[C@H](C)C2CC[C@@H](C)[C@@H]3CCCOO[C@]213. The van der Waals surface area contributed by atoms with Gasteiger partial charge in [-0.05, 0) is 44.4 Å². The highest BCUT2D eigenvalue weighted by Crippen LogP contribution is 2.55. The van der Waals surface area contributed by atoms with Crippen LogP contribution < -0.4 is 0 Å². The molecule has 0 aromatic rings. The first-order valence-electron chi connectivity index (χ1n) is 8.37. The molecule has 0 aromatic heterocycles. The summed E-state index contributed by atoms with van der Waals surface area (Å²) in [4.78, 5) is 11.5. The number of rotatable bonds is 2. The predicted molar refractivity (Wildman–Crippen MR) is 76.0 cm³/mol. The lowest BCUT2D eigenvalue weighted by molar-refractivity contribution is -0.466. The lowest BCUT2D eigenvalue weighted by Crippen LogP contribution is -2.67. The Morgan fingerprint density at radius 1 is 1.19 bits per heavy atom.